The van der Waals surface area contributed by atoms with Crippen LogP contribution in [0.2, 0.25) is 0 Å². The summed E-state index contributed by atoms with van der Waals surface area (Å²) in [5.41, 5.74) is 0. The van der Waals surface area contributed by atoms with Gasteiger partial charge < -0.3 is 24.8 Å². The Hall–Kier alpha value is 0.383. The van der Waals surface area contributed by atoms with Gasteiger partial charge in [-0.3, -0.25) is 0 Å². The third-order valence-electron chi connectivity index (χ3n) is 1.15. The van der Waals surface area contributed by atoms with E-state index in [1.807, 2.05) is 18.2 Å². The van der Waals surface area contributed by atoms with Crippen LogP contribution in [0.1, 0.15) is 4.88 Å². The molecule has 0 fully saturated rings. The van der Waals surface area contributed by atoms with Crippen LogP contribution in [0.4, 0.5) is 0 Å². The topological polar surface area (TPSA) is 0 Å². The first-order valence-corrected chi connectivity index (χ1v) is 4.23. The number of halogens is 2. The SMILES string of the molecule is Cc1ccccccc[sH+]1.[Cl-].[Cl-].[Zn]. The van der Waals surface area contributed by atoms with E-state index in [9.17, 15) is 0 Å². The molecule has 1 heterocycles. The van der Waals surface area contributed by atoms with Crippen LogP contribution in [0.5, 0.6) is 0 Å². The molecule has 1 rings (SSSR count). The van der Waals surface area contributed by atoms with Crippen LogP contribution in [0.25, 0.3) is 0 Å². The van der Waals surface area contributed by atoms with E-state index in [4.69, 9.17) is 0 Å². The minimum absolute atomic E-state index is 0. The predicted molar refractivity (Wildman–Crippen MR) is 48.1 cm³/mol. The summed E-state index contributed by atoms with van der Waals surface area (Å²) >= 11 is 1.29. The van der Waals surface area contributed by atoms with E-state index in [1.54, 1.807) is 0 Å². The van der Waals surface area contributed by atoms with Crippen LogP contribution in [0.3, 0.4) is 0 Å². The van der Waals surface area contributed by atoms with Crippen molar-refractivity contribution in [2.45, 2.75) is 6.92 Å². The van der Waals surface area contributed by atoms with Crippen LogP contribution in [0, 0.1) is 6.92 Å². The van der Waals surface area contributed by atoms with E-state index in [-0.39, 0.29) is 44.3 Å². The molecule has 0 bridgehead atoms. The number of aryl methyl sites for hydroxylation is 1. The third-order valence-corrected chi connectivity index (χ3v) is 2.02. The normalized spacial score (nSPS) is 6.54. The number of hydrogen-bond donors (Lipinski definition) is 0. The Kier molecular flexibility index (Phi) is 18.1. The molecule has 4 heteroatoms. The fraction of sp³-hybridized carbons (Fsp3) is 0.111. The molecule has 0 spiro atoms. The second-order valence-electron chi connectivity index (χ2n) is 2.05. The van der Waals surface area contributed by atoms with Gasteiger partial charge in [0.1, 0.15) is 10.3 Å². The molecule has 0 N–H and O–H groups in total. The van der Waals surface area contributed by atoms with Gasteiger partial charge in [-0.1, -0.05) is 24.3 Å². The maximum absolute atomic E-state index is 2.13. The summed E-state index contributed by atoms with van der Waals surface area (Å²) < 4.78 is 0. The summed E-state index contributed by atoms with van der Waals surface area (Å²) in [7, 11) is 0. The van der Waals surface area contributed by atoms with Gasteiger partial charge in [0, 0.05) is 26.4 Å². The zero-order valence-corrected chi connectivity index (χ0v) is 12.8. The summed E-state index contributed by atoms with van der Waals surface area (Å²) in [4.78, 5) is 1.37. The Bertz CT molecular complexity index is 225. The van der Waals surface area contributed by atoms with Gasteiger partial charge in [-0.2, -0.15) is 0 Å². The predicted octanol–water partition coefficient (Wildman–Crippen LogP) is -3.08. The smallest absolute Gasteiger partial charge is 0.144 e. The second-order valence-corrected chi connectivity index (χ2v) is 3.31. The van der Waals surface area contributed by atoms with Gasteiger partial charge in [0.15, 0.2) is 0 Å². The first kappa shape index (κ1) is 19.0. The molecule has 0 aliphatic carbocycles. The molecule has 13 heavy (non-hydrogen) atoms. The van der Waals surface area contributed by atoms with Crippen LogP contribution in [-0.4, -0.2) is 0 Å². The maximum atomic E-state index is 2.13. The maximum Gasteiger partial charge on any atom is 0.144 e. The van der Waals surface area contributed by atoms with Crippen molar-refractivity contribution in [3.8, 4) is 0 Å². The molecule has 0 nitrogen and oxygen atoms in total. The zero-order valence-electron chi connectivity index (χ0n) is 7.45. The van der Waals surface area contributed by atoms with Crippen molar-refractivity contribution in [1.29, 1.82) is 0 Å². The Labute approximate surface area is 109 Å². The van der Waals surface area contributed by atoms with E-state index in [0.29, 0.717) is 0 Å². The molecule has 0 saturated carbocycles. The molecule has 0 amide bonds. The Morgan fingerprint density at radius 2 is 1.46 bits per heavy atom. The fourth-order valence-electron chi connectivity index (χ4n) is 0.641. The molecule has 0 atom stereocenters. The van der Waals surface area contributed by atoms with Crippen molar-refractivity contribution in [2.75, 3.05) is 0 Å². The monoisotopic (exact) mass is 285 g/mol. The van der Waals surface area contributed by atoms with Crippen LogP contribution < -0.4 is 24.8 Å². The molecular formula is C9H11Cl2SZn-. The second kappa shape index (κ2) is 12.4. The first-order chi connectivity index (χ1) is 4.89. The molecule has 0 aliphatic rings. The fourth-order valence-corrected chi connectivity index (χ4v) is 1.23. The van der Waals surface area contributed by atoms with Crippen molar-refractivity contribution in [2.24, 2.45) is 0 Å². The van der Waals surface area contributed by atoms with Crippen molar-refractivity contribution in [3.63, 3.8) is 0 Å². The third kappa shape index (κ3) is 10.3. The number of hydrogen-bond acceptors (Lipinski definition) is 0. The van der Waals surface area contributed by atoms with Crippen LogP contribution in [0.15, 0.2) is 41.8 Å². The number of rotatable bonds is 0. The van der Waals surface area contributed by atoms with E-state index in [2.05, 4.69) is 30.5 Å². The standard InChI is InChI=1S/C9H10S.2ClH.Zn/c1-9-7-5-3-2-4-6-8-10-9;;;/h2-8H,1H3;2*1H;/p-1. The van der Waals surface area contributed by atoms with Gasteiger partial charge in [-0.15, -0.1) is 0 Å². The molecule has 0 aliphatic heterocycles. The molecule has 1 aromatic heterocycles. The molecule has 1 aromatic rings. The quantitative estimate of drug-likeness (QED) is 0.351. The van der Waals surface area contributed by atoms with Gasteiger partial charge in [0.2, 0.25) is 0 Å². The van der Waals surface area contributed by atoms with Gasteiger partial charge in [0.05, 0.1) is 0 Å². The van der Waals surface area contributed by atoms with Crippen molar-refractivity contribution in [3.05, 3.63) is 46.7 Å². The van der Waals surface area contributed by atoms with Gasteiger partial charge in [-0.05, 0) is 23.5 Å². The van der Waals surface area contributed by atoms with E-state index in [1.165, 1.54) is 16.2 Å². The van der Waals surface area contributed by atoms with Crippen molar-refractivity contribution in [1.82, 2.24) is 0 Å². The van der Waals surface area contributed by atoms with E-state index < -0.39 is 0 Å². The minimum Gasteiger partial charge on any atom is -1.00 e. The van der Waals surface area contributed by atoms with Crippen LogP contribution in [-0.2, 0) is 19.5 Å². The first-order valence-electron chi connectivity index (χ1n) is 3.27. The Morgan fingerprint density at radius 3 is 2.15 bits per heavy atom. The summed E-state index contributed by atoms with van der Waals surface area (Å²) in [6.45, 7) is 2.13. The van der Waals surface area contributed by atoms with Crippen LogP contribution >= 0.6 is 11.3 Å². The minimum atomic E-state index is 0. The average Bonchev–Trinajstić information content (AvgIpc) is 2.02. The van der Waals surface area contributed by atoms with Crippen molar-refractivity contribution < 1.29 is 44.3 Å². The van der Waals surface area contributed by atoms with Crippen molar-refractivity contribution >= 4 is 11.3 Å². The van der Waals surface area contributed by atoms with Gasteiger partial charge in [-0.25, -0.2) is 0 Å². The summed E-state index contributed by atoms with van der Waals surface area (Å²) in [6, 6.07) is 12.4. The Morgan fingerprint density at radius 1 is 0.923 bits per heavy atom. The summed E-state index contributed by atoms with van der Waals surface area (Å²) in [6.07, 6.45) is 0. The van der Waals surface area contributed by atoms with Gasteiger partial charge >= 0.3 is 0 Å². The summed E-state index contributed by atoms with van der Waals surface area (Å²) in [5.74, 6) is 0. The van der Waals surface area contributed by atoms with E-state index >= 15 is 0 Å². The summed E-state index contributed by atoms with van der Waals surface area (Å²) in [5, 5.41) is 2.13. The largest absolute Gasteiger partial charge is 1.00 e. The van der Waals surface area contributed by atoms with Gasteiger partial charge in [0.25, 0.3) is 0 Å². The zero-order chi connectivity index (χ0) is 7.23. The molecular weight excluding hydrogens is 276 g/mol. The molecule has 0 saturated heterocycles. The molecule has 0 unspecified atom stereocenters. The average molecular weight is 288 g/mol. The Balaban J connectivity index is -0.000000333. The van der Waals surface area contributed by atoms with E-state index in [0.717, 1.165) is 0 Å². The molecule has 0 radical (unpaired) electrons. The molecule has 0 aromatic carbocycles. The molecule has 70 valence electrons.